The summed E-state index contributed by atoms with van der Waals surface area (Å²) in [5, 5.41) is 8.71. The van der Waals surface area contributed by atoms with Crippen LogP contribution in [0.2, 0.25) is 5.02 Å². The molecule has 0 spiro atoms. The maximum atomic E-state index is 12.2. The first-order valence-electron chi connectivity index (χ1n) is 6.57. The summed E-state index contributed by atoms with van der Waals surface area (Å²) >= 11 is 7.50. The number of hydrogen-bond donors (Lipinski definition) is 2. The molecule has 2 heterocycles. The van der Waals surface area contributed by atoms with E-state index < -0.39 is 0 Å². The molecule has 5 heteroatoms. The Kier molecular flexibility index (Phi) is 3.68. The molecule has 0 saturated heterocycles. The van der Waals surface area contributed by atoms with Crippen molar-refractivity contribution in [2.45, 2.75) is 19.8 Å². The molecule has 1 aromatic heterocycles. The van der Waals surface area contributed by atoms with E-state index in [-0.39, 0.29) is 5.91 Å². The van der Waals surface area contributed by atoms with Crippen LogP contribution in [0.5, 0.6) is 0 Å². The zero-order chi connectivity index (χ0) is 14.1. The molecule has 0 saturated carbocycles. The molecule has 0 unspecified atom stereocenters. The number of rotatable bonds is 2. The molecule has 0 bridgehead atoms. The van der Waals surface area contributed by atoms with Crippen LogP contribution in [0.4, 0.5) is 11.4 Å². The van der Waals surface area contributed by atoms with Gasteiger partial charge in [0.1, 0.15) is 4.88 Å². The van der Waals surface area contributed by atoms with E-state index in [1.54, 1.807) is 0 Å². The molecule has 1 aromatic carbocycles. The number of amides is 1. The highest BCUT2D eigenvalue weighted by Crippen LogP contribution is 2.29. The first-order valence-corrected chi connectivity index (χ1v) is 7.82. The van der Waals surface area contributed by atoms with E-state index in [0.29, 0.717) is 9.90 Å². The summed E-state index contributed by atoms with van der Waals surface area (Å²) in [6, 6.07) is 6.00. The first-order chi connectivity index (χ1) is 9.65. The number of carbonyl (C=O) groups is 1. The number of benzene rings is 1. The van der Waals surface area contributed by atoms with Crippen LogP contribution in [-0.4, -0.2) is 12.5 Å². The van der Waals surface area contributed by atoms with E-state index in [9.17, 15) is 4.79 Å². The summed E-state index contributed by atoms with van der Waals surface area (Å²) in [4.78, 5) is 12.8. The number of thiophene rings is 1. The number of halogens is 1. The van der Waals surface area contributed by atoms with Crippen LogP contribution in [0.3, 0.4) is 0 Å². The molecule has 20 heavy (non-hydrogen) atoms. The Morgan fingerprint density at radius 3 is 3.05 bits per heavy atom. The van der Waals surface area contributed by atoms with Crippen LogP contribution in [0, 0.1) is 6.92 Å². The Balaban J connectivity index is 1.81. The van der Waals surface area contributed by atoms with E-state index in [1.165, 1.54) is 16.9 Å². The second-order valence-corrected chi connectivity index (χ2v) is 6.18. The third-order valence-corrected chi connectivity index (χ3v) is 5.11. The average Bonchev–Trinajstić information content (AvgIpc) is 2.79. The molecular formula is C15H15ClN2OS. The van der Waals surface area contributed by atoms with E-state index in [0.717, 1.165) is 36.3 Å². The second kappa shape index (κ2) is 5.46. The van der Waals surface area contributed by atoms with Crippen LogP contribution >= 0.6 is 22.9 Å². The van der Waals surface area contributed by atoms with Crippen LogP contribution < -0.4 is 10.6 Å². The van der Waals surface area contributed by atoms with Gasteiger partial charge < -0.3 is 10.6 Å². The molecule has 104 valence electrons. The largest absolute Gasteiger partial charge is 0.385 e. The van der Waals surface area contributed by atoms with Gasteiger partial charge in [-0.2, -0.15) is 0 Å². The van der Waals surface area contributed by atoms with Crippen molar-refractivity contribution >= 4 is 40.2 Å². The number of aryl methyl sites for hydroxylation is 2. The Hall–Kier alpha value is -1.52. The normalized spacial score (nSPS) is 13.5. The molecule has 2 aromatic rings. The summed E-state index contributed by atoms with van der Waals surface area (Å²) < 4.78 is 0. The molecule has 0 radical (unpaired) electrons. The third-order valence-electron chi connectivity index (χ3n) is 3.41. The highest BCUT2D eigenvalue weighted by Gasteiger charge is 2.16. The van der Waals surface area contributed by atoms with E-state index in [2.05, 4.69) is 16.7 Å². The van der Waals surface area contributed by atoms with Gasteiger partial charge in [0, 0.05) is 17.9 Å². The smallest absolute Gasteiger partial charge is 0.267 e. The predicted molar refractivity (Wildman–Crippen MR) is 85.3 cm³/mol. The van der Waals surface area contributed by atoms with Gasteiger partial charge in [-0.3, -0.25) is 4.79 Å². The van der Waals surface area contributed by atoms with Crippen LogP contribution in [-0.2, 0) is 6.42 Å². The van der Waals surface area contributed by atoms with Crippen molar-refractivity contribution in [3.63, 3.8) is 0 Å². The van der Waals surface area contributed by atoms with Gasteiger partial charge in [-0.25, -0.2) is 0 Å². The van der Waals surface area contributed by atoms with Crippen molar-refractivity contribution in [1.29, 1.82) is 0 Å². The Morgan fingerprint density at radius 1 is 1.45 bits per heavy atom. The number of hydrogen-bond acceptors (Lipinski definition) is 3. The van der Waals surface area contributed by atoms with E-state index >= 15 is 0 Å². The zero-order valence-electron chi connectivity index (χ0n) is 11.1. The third kappa shape index (κ3) is 2.53. The molecule has 1 amide bonds. The molecule has 3 rings (SSSR count). The summed E-state index contributed by atoms with van der Waals surface area (Å²) in [7, 11) is 0. The molecule has 0 fully saturated rings. The predicted octanol–water partition coefficient (Wildman–Crippen LogP) is 4.32. The zero-order valence-corrected chi connectivity index (χ0v) is 12.7. The molecule has 2 N–H and O–H groups in total. The molecule has 1 aliphatic heterocycles. The molecule has 0 aliphatic carbocycles. The van der Waals surface area contributed by atoms with Crippen molar-refractivity contribution in [3.8, 4) is 0 Å². The lowest BCUT2D eigenvalue weighted by Crippen LogP contribution is -2.14. The molecular weight excluding hydrogens is 292 g/mol. The maximum Gasteiger partial charge on any atom is 0.267 e. The monoisotopic (exact) mass is 306 g/mol. The van der Waals surface area contributed by atoms with Gasteiger partial charge >= 0.3 is 0 Å². The maximum absolute atomic E-state index is 12.2. The first kappa shape index (κ1) is 13.5. The fourth-order valence-corrected chi connectivity index (χ4v) is 3.48. The van der Waals surface area contributed by atoms with Crippen molar-refractivity contribution in [2.24, 2.45) is 0 Å². The van der Waals surface area contributed by atoms with Gasteiger partial charge in [0.25, 0.3) is 5.91 Å². The quantitative estimate of drug-likeness (QED) is 0.867. The number of fused-ring (bicyclic) bond motifs is 1. The van der Waals surface area contributed by atoms with Crippen molar-refractivity contribution in [3.05, 3.63) is 44.6 Å². The molecule has 1 aliphatic rings. The SMILES string of the molecule is Cc1csc(C(=O)Nc2ccc3c(c2)NCCC3)c1Cl. The lowest BCUT2D eigenvalue weighted by molar-refractivity contribution is 0.103. The van der Waals surface area contributed by atoms with Gasteiger partial charge in [0.15, 0.2) is 0 Å². The Bertz CT molecular complexity index is 666. The summed E-state index contributed by atoms with van der Waals surface area (Å²) in [5.74, 6) is -0.149. The van der Waals surface area contributed by atoms with Crippen LogP contribution in [0.1, 0.15) is 27.2 Å². The van der Waals surface area contributed by atoms with E-state index in [1.807, 2.05) is 24.4 Å². The number of carbonyl (C=O) groups excluding carboxylic acids is 1. The minimum Gasteiger partial charge on any atom is -0.385 e. The highest BCUT2D eigenvalue weighted by molar-refractivity contribution is 7.13. The Labute approximate surface area is 127 Å². The van der Waals surface area contributed by atoms with Gasteiger partial charge in [0.2, 0.25) is 0 Å². The topological polar surface area (TPSA) is 41.1 Å². The summed E-state index contributed by atoms with van der Waals surface area (Å²) in [6.45, 7) is 2.89. The van der Waals surface area contributed by atoms with Gasteiger partial charge in [-0.05, 0) is 48.4 Å². The average molecular weight is 307 g/mol. The molecule has 0 atom stereocenters. The minimum absolute atomic E-state index is 0.149. The lowest BCUT2D eigenvalue weighted by atomic mass is 10.0. The fourth-order valence-electron chi connectivity index (χ4n) is 2.31. The van der Waals surface area contributed by atoms with Crippen molar-refractivity contribution in [2.75, 3.05) is 17.2 Å². The summed E-state index contributed by atoms with van der Waals surface area (Å²) in [5.41, 5.74) is 4.15. The van der Waals surface area contributed by atoms with Crippen LogP contribution in [0.15, 0.2) is 23.6 Å². The van der Waals surface area contributed by atoms with Crippen LogP contribution in [0.25, 0.3) is 0 Å². The highest BCUT2D eigenvalue weighted by atomic mass is 35.5. The fraction of sp³-hybridized carbons (Fsp3) is 0.267. The second-order valence-electron chi connectivity index (χ2n) is 4.92. The molecule has 3 nitrogen and oxygen atoms in total. The van der Waals surface area contributed by atoms with Gasteiger partial charge in [-0.1, -0.05) is 17.7 Å². The minimum atomic E-state index is -0.149. The van der Waals surface area contributed by atoms with Crippen molar-refractivity contribution < 1.29 is 4.79 Å². The number of anilines is 2. The Morgan fingerprint density at radius 2 is 2.30 bits per heavy atom. The van der Waals surface area contributed by atoms with Gasteiger partial charge in [0.05, 0.1) is 5.02 Å². The van der Waals surface area contributed by atoms with E-state index in [4.69, 9.17) is 11.6 Å². The number of nitrogens with one attached hydrogen (secondary N) is 2. The van der Waals surface area contributed by atoms with Gasteiger partial charge in [-0.15, -0.1) is 11.3 Å². The lowest BCUT2D eigenvalue weighted by Gasteiger charge is -2.18. The summed E-state index contributed by atoms with van der Waals surface area (Å²) in [6.07, 6.45) is 2.25. The standard InChI is InChI=1S/C15H15ClN2OS/c1-9-8-20-14(13(9)16)15(19)18-11-5-4-10-3-2-6-17-12(10)7-11/h4-5,7-8,17H,2-3,6H2,1H3,(H,18,19). The van der Waals surface area contributed by atoms with Crippen molar-refractivity contribution in [1.82, 2.24) is 0 Å².